The molecule has 1 atom stereocenters. The Balaban J connectivity index is 2.24. The van der Waals surface area contributed by atoms with Gasteiger partial charge in [0.1, 0.15) is 5.75 Å². The number of phenolic OH excluding ortho intramolecular Hbond substituents is 1. The number of benzene rings is 1. The van der Waals surface area contributed by atoms with Crippen LogP contribution in [-0.4, -0.2) is 48.0 Å². The second kappa shape index (κ2) is 7.21. The lowest BCUT2D eigenvalue weighted by Gasteiger charge is -2.35. The summed E-state index contributed by atoms with van der Waals surface area (Å²) < 4.78 is 0. The standard InChI is InChI=1S/C18H27N3O3/c1-18(2,3)13-5-6-15(22)12(9-13)11-21-8-7-20-17(24)14(21)10-16(23)19-4/h5-6,9,14,22H,7-8,10-11H2,1-4H3,(H,19,23)(H,20,24). The average molecular weight is 333 g/mol. The molecule has 2 rings (SSSR count). The topological polar surface area (TPSA) is 81.7 Å². The van der Waals surface area contributed by atoms with Crippen LogP contribution in [0.25, 0.3) is 0 Å². The second-order valence-electron chi connectivity index (χ2n) is 7.25. The number of amides is 2. The first-order valence-corrected chi connectivity index (χ1v) is 8.27. The first-order chi connectivity index (χ1) is 11.2. The third-order valence-corrected chi connectivity index (χ3v) is 4.42. The van der Waals surface area contributed by atoms with Gasteiger partial charge in [-0.05, 0) is 17.0 Å². The number of hydrogen-bond donors (Lipinski definition) is 3. The molecule has 6 nitrogen and oxygen atoms in total. The van der Waals surface area contributed by atoms with Crippen molar-refractivity contribution in [3.05, 3.63) is 29.3 Å². The van der Waals surface area contributed by atoms with E-state index in [0.29, 0.717) is 19.6 Å². The molecule has 1 saturated heterocycles. The molecule has 1 fully saturated rings. The predicted octanol–water partition coefficient (Wildman–Crippen LogP) is 1.13. The maximum atomic E-state index is 12.2. The van der Waals surface area contributed by atoms with Gasteiger partial charge in [0.15, 0.2) is 0 Å². The zero-order chi connectivity index (χ0) is 17.9. The molecule has 1 unspecified atom stereocenters. The zero-order valence-corrected chi connectivity index (χ0v) is 14.8. The molecule has 1 aromatic rings. The maximum absolute atomic E-state index is 12.2. The highest BCUT2D eigenvalue weighted by Gasteiger charge is 2.32. The first-order valence-electron chi connectivity index (χ1n) is 8.27. The smallest absolute Gasteiger partial charge is 0.237 e. The summed E-state index contributed by atoms with van der Waals surface area (Å²) in [4.78, 5) is 25.8. The number of phenols is 1. The second-order valence-corrected chi connectivity index (χ2v) is 7.25. The van der Waals surface area contributed by atoms with E-state index < -0.39 is 6.04 Å². The number of aromatic hydroxyl groups is 1. The fourth-order valence-electron chi connectivity index (χ4n) is 2.85. The molecule has 2 amide bonds. The summed E-state index contributed by atoms with van der Waals surface area (Å²) in [5.41, 5.74) is 1.88. The molecule has 0 aliphatic carbocycles. The van der Waals surface area contributed by atoms with E-state index in [2.05, 4.69) is 31.4 Å². The third-order valence-electron chi connectivity index (χ3n) is 4.42. The zero-order valence-electron chi connectivity index (χ0n) is 14.8. The molecule has 132 valence electrons. The van der Waals surface area contributed by atoms with Crippen molar-refractivity contribution < 1.29 is 14.7 Å². The van der Waals surface area contributed by atoms with Crippen LogP contribution in [0, 0.1) is 0 Å². The van der Waals surface area contributed by atoms with E-state index in [1.807, 2.05) is 17.0 Å². The number of carbonyl (C=O) groups is 2. The summed E-state index contributed by atoms with van der Waals surface area (Å²) >= 11 is 0. The fourth-order valence-corrected chi connectivity index (χ4v) is 2.85. The van der Waals surface area contributed by atoms with Crippen molar-refractivity contribution in [3.63, 3.8) is 0 Å². The Labute approximate surface area is 143 Å². The van der Waals surface area contributed by atoms with Crippen LogP contribution in [-0.2, 0) is 21.5 Å². The molecule has 0 bridgehead atoms. The van der Waals surface area contributed by atoms with Crippen molar-refractivity contribution in [1.82, 2.24) is 15.5 Å². The highest BCUT2D eigenvalue weighted by Crippen LogP contribution is 2.29. The number of hydrogen-bond acceptors (Lipinski definition) is 4. The van der Waals surface area contributed by atoms with Crippen LogP contribution in [0.2, 0.25) is 0 Å². The van der Waals surface area contributed by atoms with Crippen molar-refractivity contribution in [2.24, 2.45) is 0 Å². The molecule has 6 heteroatoms. The van der Waals surface area contributed by atoms with E-state index in [0.717, 1.165) is 11.1 Å². The fraction of sp³-hybridized carbons (Fsp3) is 0.556. The van der Waals surface area contributed by atoms with E-state index >= 15 is 0 Å². The average Bonchev–Trinajstić information content (AvgIpc) is 2.51. The Hall–Kier alpha value is -2.08. The van der Waals surface area contributed by atoms with E-state index in [9.17, 15) is 14.7 Å². The summed E-state index contributed by atoms with van der Waals surface area (Å²) in [6, 6.07) is 5.09. The number of piperazine rings is 1. The molecule has 3 N–H and O–H groups in total. The van der Waals surface area contributed by atoms with Gasteiger partial charge in [-0.15, -0.1) is 0 Å². The van der Waals surface area contributed by atoms with Crippen LogP contribution in [0.15, 0.2) is 18.2 Å². The van der Waals surface area contributed by atoms with E-state index in [4.69, 9.17) is 0 Å². The molecule has 1 aromatic carbocycles. The number of rotatable bonds is 4. The Morgan fingerprint density at radius 1 is 1.42 bits per heavy atom. The molecule has 1 aliphatic heterocycles. The summed E-state index contributed by atoms with van der Waals surface area (Å²) in [6.07, 6.45) is 0.113. The molecule has 1 heterocycles. The van der Waals surface area contributed by atoms with E-state index in [1.165, 1.54) is 0 Å². The van der Waals surface area contributed by atoms with Crippen LogP contribution in [0.1, 0.15) is 38.3 Å². The van der Waals surface area contributed by atoms with Crippen LogP contribution in [0.5, 0.6) is 5.75 Å². The summed E-state index contributed by atoms with van der Waals surface area (Å²) in [5, 5.41) is 15.6. The molecule has 1 aliphatic rings. The van der Waals surface area contributed by atoms with E-state index in [-0.39, 0.29) is 29.4 Å². The molecule has 24 heavy (non-hydrogen) atoms. The molecular formula is C18H27N3O3. The van der Waals surface area contributed by atoms with Crippen molar-refractivity contribution in [2.75, 3.05) is 20.1 Å². The largest absolute Gasteiger partial charge is 0.508 e. The summed E-state index contributed by atoms with van der Waals surface area (Å²) in [6.45, 7) is 7.98. The first kappa shape index (κ1) is 18.3. The van der Waals surface area contributed by atoms with Gasteiger partial charge in [0.2, 0.25) is 11.8 Å². The van der Waals surface area contributed by atoms with Crippen LogP contribution in [0.4, 0.5) is 0 Å². The van der Waals surface area contributed by atoms with E-state index in [1.54, 1.807) is 13.1 Å². The van der Waals surface area contributed by atoms with Gasteiger partial charge >= 0.3 is 0 Å². The van der Waals surface area contributed by atoms with Gasteiger partial charge in [0, 0.05) is 32.2 Å². The highest BCUT2D eigenvalue weighted by atomic mass is 16.3. The minimum absolute atomic E-state index is 0.0246. The number of nitrogens with zero attached hydrogens (tertiary/aromatic N) is 1. The molecule has 0 radical (unpaired) electrons. The monoisotopic (exact) mass is 333 g/mol. The lowest BCUT2D eigenvalue weighted by molar-refractivity contribution is -0.134. The minimum Gasteiger partial charge on any atom is -0.508 e. The normalized spacial score (nSPS) is 19.0. The number of carbonyl (C=O) groups excluding carboxylic acids is 2. The minimum atomic E-state index is -0.517. The Kier molecular flexibility index (Phi) is 5.49. The quantitative estimate of drug-likeness (QED) is 0.771. The molecule has 0 spiro atoms. The van der Waals surface area contributed by atoms with Gasteiger partial charge in [0.25, 0.3) is 0 Å². The molecular weight excluding hydrogens is 306 g/mol. The van der Waals surface area contributed by atoms with Gasteiger partial charge in [0.05, 0.1) is 12.5 Å². The Morgan fingerprint density at radius 2 is 2.12 bits per heavy atom. The number of nitrogens with one attached hydrogen (secondary N) is 2. The lowest BCUT2D eigenvalue weighted by atomic mass is 9.86. The van der Waals surface area contributed by atoms with Crippen molar-refractivity contribution in [3.8, 4) is 5.75 Å². The van der Waals surface area contributed by atoms with Gasteiger partial charge in [-0.2, -0.15) is 0 Å². The van der Waals surface area contributed by atoms with Gasteiger partial charge < -0.3 is 15.7 Å². The van der Waals surface area contributed by atoms with Gasteiger partial charge in [-0.3, -0.25) is 14.5 Å². The molecule has 0 saturated carbocycles. The molecule has 0 aromatic heterocycles. The van der Waals surface area contributed by atoms with Crippen LogP contribution < -0.4 is 10.6 Å². The highest BCUT2D eigenvalue weighted by molar-refractivity contribution is 5.88. The Bertz CT molecular complexity index is 622. The van der Waals surface area contributed by atoms with Crippen molar-refractivity contribution >= 4 is 11.8 Å². The predicted molar refractivity (Wildman–Crippen MR) is 92.7 cm³/mol. The van der Waals surface area contributed by atoms with Crippen LogP contribution in [0.3, 0.4) is 0 Å². The Morgan fingerprint density at radius 3 is 2.75 bits per heavy atom. The van der Waals surface area contributed by atoms with Gasteiger partial charge in [-0.1, -0.05) is 32.9 Å². The maximum Gasteiger partial charge on any atom is 0.237 e. The SMILES string of the molecule is CNC(=O)CC1C(=O)NCCN1Cc1cc(C(C)(C)C)ccc1O. The van der Waals surface area contributed by atoms with Crippen LogP contribution >= 0.6 is 0 Å². The summed E-state index contributed by atoms with van der Waals surface area (Å²) in [7, 11) is 1.56. The third kappa shape index (κ3) is 4.26. The van der Waals surface area contributed by atoms with Crippen molar-refractivity contribution in [1.29, 1.82) is 0 Å². The van der Waals surface area contributed by atoms with Gasteiger partial charge in [-0.25, -0.2) is 0 Å². The summed E-state index contributed by atoms with van der Waals surface area (Å²) in [5.74, 6) is -0.0984. The van der Waals surface area contributed by atoms with Crippen molar-refractivity contribution in [2.45, 2.75) is 45.2 Å². The lowest BCUT2D eigenvalue weighted by Crippen LogP contribution is -2.56.